The number of hydrogen-bond acceptors (Lipinski definition) is 4. The number of aromatic carboxylic acids is 1. The van der Waals surface area contributed by atoms with Crippen molar-refractivity contribution < 1.29 is 19.1 Å². The molecular formula is C12H11NO4S. The highest BCUT2D eigenvalue weighted by molar-refractivity contribution is 7.12. The van der Waals surface area contributed by atoms with Crippen LogP contribution in [0.25, 0.3) is 0 Å². The van der Waals surface area contributed by atoms with Gasteiger partial charge in [-0.25, -0.2) is 4.79 Å². The third kappa shape index (κ3) is 2.14. The van der Waals surface area contributed by atoms with E-state index in [-0.39, 0.29) is 10.8 Å². The summed E-state index contributed by atoms with van der Waals surface area (Å²) < 4.78 is 5.04. The van der Waals surface area contributed by atoms with Gasteiger partial charge in [0.2, 0.25) is 0 Å². The number of aryl methyl sites for hydroxylation is 2. The molecule has 0 aliphatic rings. The first-order valence-electron chi connectivity index (χ1n) is 5.17. The molecule has 2 aromatic rings. The zero-order valence-corrected chi connectivity index (χ0v) is 10.6. The number of carboxylic acid groups (broad SMARTS) is 1. The van der Waals surface area contributed by atoms with E-state index in [2.05, 4.69) is 5.32 Å². The lowest BCUT2D eigenvalue weighted by atomic mass is 10.2. The van der Waals surface area contributed by atoms with Crippen LogP contribution in [0, 0.1) is 13.8 Å². The van der Waals surface area contributed by atoms with E-state index in [0.717, 1.165) is 16.9 Å². The summed E-state index contributed by atoms with van der Waals surface area (Å²) in [5, 5.41) is 13.3. The molecule has 0 aromatic carbocycles. The number of furan rings is 1. The second-order valence-corrected chi connectivity index (χ2v) is 4.65. The van der Waals surface area contributed by atoms with Crippen molar-refractivity contribution in [3.63, 3.8) is 0 Å². The number of carbonyl (C=O) groups excluding carboxylic acids is 1. The van der Waals surface area contributed by atoms with Gasteiger partial charge in [-0.05, 0) is 30.9 Å². The average Bonchev–Trinajstić information content (AvgIpc) is 2.86. The van der Waals surface area contributed by atoms with Crippen LogP contribution in [0.4, 0.5) is 5.69 Å². The van der Waals surface area contributed by atoms with Crippen LogP contribution in [0.15, 0.2) is 22.1 Å². The molecule has 0 atom stereocenters. The second kappa shape index (κ2) is 4.66. The van der Waals surface area contributed by atoms with Crippen molar-refractivity contribution in [3.8, 4) is 0 Å². The number of amides is 1. The van der Waals surface area contributed by atoms with Crippen LogP contribution in [-0.4, -0.2) is 17.0 Å². The van der Waals surface area contributed by atoms with Gasteiger partial charge in [0.25, 0.3) is 5.91 Å². The Kier molecular flexibility index (Phi) is 3.20. The smallest absolute Gasteiger partial charge is 0.348 e. The van der Waals surface area contributed by atoms with E-state index in [9.17, 15) is 9.59 Å². The number of rotatable bonds is 3. The first-order chi connectivity index (χ1) is 8.50. The number of hydrogen-bond donors (Lipinski definition) is 2. The Labute approximate surface area is 107 Å². The summed E-state index contributed by atoms with van der Waals surface area (Å²) in [5.74, 6) is -0.921. The molecule has 5 nitrogen and oxygen atoms in total. The number of thiophene rings is 1. The Balaban J connectivity index is 2.30. The molecule has 6 heteroatoms. The van der Waals surface area contributed by atoms with Crippen LogP contribution < -0.4 is 5.32 Å². The van der Waals surface area contributed by atoms with Crippen molar-refractivity contribution in [1.29, 1.82) is 0 Å². The Morgan fingerprint density at radius 2 is 2.11 bits per heavy atom. The summed E-state index contributed by atoms with van der Waals surface area (Å²) in [6, 6.07) is 1.55. The molecule has 2 rings (SSSR count). The maximum atomic E-state index is 12.0. The second-order valence-electron chi connectivity index (χ2n) is 3.77. The topological polar surface area (TPSA) is 79.5 Å². The lowest BCUT2D eigenvalue weighted by Gasteiger charge is -2.05. The summed E-state index contributed by atoms with van der Waals surface area (Å²) >= 11 is 1.09. The summed E-state index contributed by atoms with van der Waals surface area (Å²) in [5.41, 5.74) is 1.47. The predicted molar refractivity (Wildman–Crippen MR) is 67.4 cm³/mol. The molecule has 1 amide bonds. The maximum absolute atomic E-state index is 12.0. The average molecular weight is 265 g/mol. The van der Waals surface area contributed by atoms with E-state index in [0.29, 0.717) is 17.0 Å². The molecule has 2 aromatic heterocycles. The van der Waals surface area contributed by atoms with Crippen molar-refractivity contribution in [2.24, 2.45) is 0 Å². The van der Waals surface area contributed by atoms with E-state index in [4.69, 9.17) is 9.52 Å². The minimum absolute atomic E-state index is 0.127. The van der Waals surface area contributed by atoms with E-state index < -0.39 is 5.97 Å². The monoisotopic (exact) mass is 265 g/mol. The maximum Gasteiger partial charge on any atom is 0.348 e. The van der Waals surface area contributed by atoms with E-state index >= 15 is 0 Å². The molecule has 0 saturated heterocycles. The Bertz CT molecular complexity index is 611. The molecule has 0 saturated carbocycles. The first-order valence-corrected chi connectivity index (χ1v) is 6.05. The summed E-state index contributed by atoms with van der Waals surface area (Å²) in [4.78, 5) is 23.1. The molecule has 0 aliphatic heterocycles. The molecule has 0 fully saturated rings. The fourth-order valence-electron chi connectivity index (χ4n) is 1.56. The van der Waals surface area contributed by atoms with E-state index in [1.165, 1.54) is 6.26 Å². The highest BCUT2D eigenvalue weighted by Crippen LogP contribution is 2.28. The third-order valence-electron chi connectivity index (χ3n) is 2.51. The van der Waals surface area contributed by atoms with Gasteiger partial charge in [0, 0.05) is 0 Å². The lowest BCUT2D eigenvalue weighted by molar-refractivity contribution is 0.0703. The van der Waals surface area contributed by atoms with Gasteiger partial charge in [-0.1, -0.05) is 0 Å². The minimum Gasteiger partial charge on any atom is -0.477 e. The number of carboxylic acids is 1. The van der Waals surface area contributed by atoms with Crippen LogP contribution in [0.1, 0.15) is 31.4 Å². The number of carbonyl (C=O) groups is 2. The molecule has 94 valence electrons. The molecule has 0 spiro atoms. The molecule has 2 heterocycles. The van der Waals surface area contributed by atoms with Gasteiger partial charge in [0.15, 0.2) is 0 Å². The van der Waals surface area contributed by atoms with Gasteiger partial charge in [-0.3, -0.25) is 4.79 Å². The highest BCUT2D eigenvalue weighted by Gasteiger charge is 2.19. The number of anilines is 1. The molecule has 18 heavy (non-hydrogen) atoms. The van der Waals surface area contributed by atoms with E-state index in [1.807, 2.05) is 0 Å². The minimum atomic E-state index is -1.05. The predicted octanol–water partition coefficient (Wildman–Crippen LogP) is 2.91. The van der Waals surface area contributed by atoms with Gasteiger partial charge in [-0.2, -0.15) is 0 Å². The molecule has 0 bridgehead atoms. The fourth-order valence-corrected chi connectivity index (χ4v) is 2.40. The largest absolute Gasteiger partial charge is 0.477 e. The Hall–Kier alpha value is -2.08. The van der Waals surface area contributed by atoms with Crippen LogP contribution in [0.2, 0.25) is 0 Å². The zero-order valence-electron chi connectivity index (χ0n) is 9.81. The summed E-state index contributed by atoms with van der Waals surface area (Å²) in [7, 11) is 0. The first kappa shape index (κ1) is 12.4. The molecular weight excluding hydrogens is 254 g/mol. The van der Waals surface area contributed by atoms with Crippen molar-refractivity contribution in [3.05, 3.63) is 39.5 Å². The van der Waals surface area contributed by atoms with Crippen LogP contribution >= 0.6 is 11.3 Å². The third-order valence-corrected chi connectivity index (χ3v) is 3.60. The number of nitrogens with one attached hydrogen (secondary N) is 1. The van der Waals surface area contributed by atoms with Crippen molar-refractivity contribution in [2.45, 2.75) is 13.8 Å². The highest BCUT2D eigenvalue weighted by atomic mass is 32.1. The van der Waals surface area contributed by atoms with Gasteiger partial charge < -0.3 is 14.8 Å². The standard InChI is InChI=1S/C12H11NO4S/c1-6-5-18-10(12(15)16)9(6)13-11(14)8-3-4-17-7(8)2/h3-5H,1-2H3,(H,13,14)(H,15,16). The lowest BCUT2D eigenvalue weighted by Crippen LogP contribution is -2.14. The van der Waals surface area contributed by atoms with Crippen molar-refractivity contribution in [2.75, 3.05) is 5.32 Å². The van der Waals surface area contributed by atoms with Crippen LogP contribution in [0.5, 0.6) is 0 Å². The molecule has 0 aliphatic carbocycles. The van der Waals surface area contributed by atoms with Crippen LogP contribution in [0.3, 0.4) is 0 Å². The molecule has 2 N–H and O–H groups in total. The van der Waals surface area contributed by atoms with Crippen molar-refractivity contribution >= 4 is 28.9 Å². The Morgan fingerprint density at radius 1 is 1.39 bits per heavy atom. The van der Waals surface area contributed by atoms with Crippen LogP contribution in [-0.2, 0) is 0 Å². The summed E-state index contributed by atoms with van der Waals surface area (Å²) in [6.45, 7) is 3.42. The Morgan fingerprint density at radius 3 is 2.67 bits per heavy atom. The normalized spacial score (nSPS) is 10.3. The molecule has 0 radical (unpaired) electrons. The van der Waals surface area contributed by atoms with Gasteiger partial charge in [0.05, 0.1) is 17.5 Å². The van der Waals surface area contributed by atoms with Crippen molar-refractivity contribution in [1.82, 2.24) is 0 Å². The SMILES string of the molecule is Cc1csc(C(=O)O)c1NC(=O)c1ccoc1C. The fraction of sp³-hybridized carbons (Fsp3) is 0.167. The van der Waals surface area contributed by atoms with Gasteiger partial charge in [0.1, 0.15) is 10.6 Å². The zero-order chi connectivity index (χ0) is 13.3. The van der Waals surface area contributed by atoms with E-state index in [1.54, 1.807) is 25.3 Å². The quantitative estimate of drug-likeness (QED) is 0.894. The van der Waals surface area contributed by atoms with Gasteiger partial charge >= 0.3 is 5.97 Å². The summed E-state index contributed by atoms with van der Waals surface area (Å²) in [6.07, 6.45) is 1.42. The molecule has 0 unspecified atom stereocenters. The van der Waals surface area contributed by atoms with Gasteiger partial charge in [-0.15, -0.1) is 11.3 Å².